The number of thioether (sulfide) groups is 1. The number of rotatable bonds is 8. The maximum Gasteiger partial charge on any atom is 0.234 e. The average Bonchev–Trinajstić information content (AvgIpc) is 3.17. The van der Waals surface area contributed by atoms with Crippen molar-refractivity contribution in [2.45, 2.75) is 25.2 Å². The van der Waals surface area contributed by atoms with Crippen LogP contribution in [0.4, 0.5) is 5.69 Å². The van der Waals surface area contributed by atoms with Gasteiger partial charge in [-0.05, 0) is 36.6 Å². The van der Waals surface area contributed by atoms with Crippen LogP contribution in [0.25, 0.3) is 10.8 Å². The highest BCUT2D eigenvalue weighted by Gasteiger charge is 2.14. The number of carbonyl (C=O) groups excluding carboxylic acids is 1. The minimum absolute atomic E-state index is 0.173. The highest BCUT2D eigenvalue weighted by atomic mass is 35.5. The topological polar surface area (TPSA) is 69.0 Å². The second-order valence-corrected chi connectivity index (χ2v) is 8.72. The number of nitrogens with zero attached hydrogens (tertiary/aromatic N) is 3. The summed E-state index contributed by atoms with van der Waals surface area (Å²) < 4.78 is 8.00. The van der Waals surface area contributed by atoms with E-state index in [1.807, 2.05) is 54.0 Å². The number of aromatic nitrogens is 3. The average molecular weight is 487 g/mol. The van der Waals surface area contributed by atoms with Crippen molar-refractivity contribution in [2.75, 3.05) is 11.1 Å². The number of hydrogen-bond donors (Lipinski definition) is 1. The zero-order valence-corrected chi connectivity index (χ0v) is 19.5. The minimum Gasteiger partial charge on any atom is -0.485 e. The van der Waals surface area contributed by atoms with E-state index in [0.717, 1.165) is 16.5 Å². The van der Waals surface area contributed by atoms with Crippen LogP contribution in [0.3, 0.4) is 0 Å². The molecular formula is C23H20Cl2N4O2S. The molecule has 3 aromatic carbocycles. The molecule has 0 fully saturated rings. The van der Waals surface area contributed by atoms with Gasteiger partial charge in [0.2, 0.25) is 5.91 Å². The number of nitrogens with one attached hydrogen (secondary N) is 1. The van der Waals surface area contributed by atoms with Gasteiger partial charge in [-0.3, -0.25) is 4.79 Å². The summed E-state index contributed by atoms with van der Waals surface area (Å²) in [6.07, 6.45) is 0. The van der Waals surface area contributed by atoms with Crippen LogP contribution < -0.4 is 10.1 Å². The normalized spacial score (nSPS) is 11.0. The lowest BCUT2D eigenvalue weighted by Crippen LogP contribution is -2.15. The Balaban J connectivity index is 1.40. The van der Waals surface area contributed by atoms with Crippen molar-refractivity contribution >= 4 is 57.3 Å². The summed E-state index contributed by atoms with van der Waals surface area (Å²) >= 11 is 13.3. The largest absolute Gasteiger partial charge is 0.485 e. The van der Waals surface area contributed by atoms with Gasteiger partial charge in [0.25, 0.3) is 0 Å². The van der Waals surface area contributed by atoms with Crippen molar-refractivity contribution in [3.8, 4) is 5.75 Å². The number of hydrogen-bond acceptors (Lipinski definition) is 5. The highest BCUT2D eigenvalue weighted by molar-refractivity contribution is 7.99. The van der Waals surface area contributed by atoms with Crippen LogP contribution in [0.2, 0.25) is 10.0 Å². The minimum atomic E-state index is -0.187. The molecule has 0 bridgehead atoms. The molecule has 0 aliphatic rings. The van der Waals surface area contributed by atoms with Gasteiger partial charge in [-0.1, -0.05) is 71.4 Å². The monoisotopic (exact) mass is 486 g/mol. The summed E-state index contributed by atoms with van der Waals surface area (Å²) in [6, 6.07) is 18.9. The molecule has 0 aliphatic heterocycles. The van der Waals surface area contributed by atoms with Gasteiger partial charge in [-0.25, -0.2) is 0 Å². The molecular weight excluding hydrogens is 467 g/mol. The van der Waals surface area contributed by atoms with E-state index in [4.69, 9.17) is 27.9 Å². The number of ether oxygens (including phenoxy) is 1. The Morgan fingerprint density at radius 1 is 1.06 bits per heavy atom. The number of benzene rings is 3. The molecule has 0 aliphatic carbocycles. The zero-order chi connectivity index (χ0) is 22.5. The second-order valence-electron chi connectivity index (χ2n) is 6.90. The summed E-state index contributed by atoms with van der Waals surface area (Å²) in [6.45, 7) is 2.95. The third-order valence-electron chi connectivity index (χ3n) is 4.69. The molecule has 1 N–H and O–H groups in total. The van der Waals surface area contributed by atoms with E-state index in [-0.39, 0.29) is 18.3 Å². The van der Waals surface area contributed by atoms with Crippen molar-refractivity contribution in [3.05, 3.63) is 76.5 Å². The Kier molecular flexibility index (Phi) is 7.19. The Labute approximate surface area is 199 Å². The Morgan fingerprint density at radius 3 is 2.59 bits per heavy atom. The van der Waals surface area contributed by atoms with E-state index < -0.39 is 0 Å². The molecule has 4 aromatic rings. The van der Waals surface area contributed by atoms with E-state index in [1.54, 1.807) is 18.2 Å². The number of amides is 1. The molecule has 32 heavy (non-hydrogen) atoms. The first-order chi connectivity index (χ1) is 15.5. The van der Waals surface area contributed by atoms with E-state index >= 15 is 0 Å². The molecule has 1 amide bonds. The fourth-order valence-electron chi connectivity index (χ4n) is 3.27. The summed E-state index contributed by atoms with van der Waals surface area (Å²) in [4.78, 5) is 12.3. The maximum absolute atomic E-state index is 12.3. The summed E-state index contributed by atoms with van der Waals surface area (Å²) in [7, 11) is 0. The van der Waals surface area contributed by atoms with Gasteiger partial charge < -0.3 is 14.6 Å². The molecule has 0 spiro atoms. The lowest BCUT2D eigenvalue weighted by Gasteiger charge is -2.11. The van der Waals surface area contributed by atoms with Crippen LogP contribution in [0.15, 0.2) is 65.8 Å². The van der Waals surface area contributed by atoms with Gasteiger partial charge in [-0.2, -0.15) is 0 Å². The number of fused-ring (bicyclic) bond motifs is 1. The van der Waals surface area contributed by atoms with Crippen molar-refractivity contribution in [2.24, 2.45) is 0 Å². The smallest absolute Gasteiger partial charge is 0.234 e. The van der Waals surface area contributed by atoms with Crippen LogP contribution in [0.5, 0.6) is 5.75 Å². The molecule has 1 aromatic heterocycles. The van der Waals surface area contributed by atoms with Gasteiger partial charge in [0.05, 0.1) is 5.75 Å². The first-order valence-electron chi connectivity index (χ1n) is 9.95. The zero-order valence-electron chi connectivity index (χ0n) is 17.2. The standard InChI is InChI=1S/C23H20Cl2N4O2S/c1-2-29-21(13-31-20-9-5-7-15-6-3-4-8-19(15)20)27-28-23(29)32-14-22(30)26-18-11-16(24)10-17(25)12-18/h3-12H,2,13-14H2,1H3,(H,26,30). The Morgan fingerprint density at radius 2 is 1.81 bits per heavy atom. The van der Waals surface area contributed by atoms with Crippen molar-refractivity contribution in [1.82, 2.24) is 14.8 Å². The SMILES string of the molecule is CCn1c(COc2cccc3ccccc23)nnc1SCC(=O)Nc1cc(Cl)cc(Cl)c1. The lowest BCUT2D eigenvalue weighted by molar-refractivity contribution is -0.113. The van der Waals surface area contributed by atoms with Gasteiger partial charge >= 0.3 is 0 Å². The summed E-state index contributed by atoms with van der Waals surface area (Å²) in [5.74, 6) is 1.48. The van der Waals surface area contributed by atoms with Gasteiger partial charge in [0.15, 0.2) is 11.0 Å². The summed E-state index contributed by atoms with van der Waals surface area (Å²) in [5.41, 5.74) is 0.550. The van der Waals surface area contributed by atoms with Crippen LogP contribution >= 0.6 is 35.0 Å². The highest BCUT2D eigenvalue weighted by Crippen LogP contribution is 2.27. The third kappa shape index (κ3) is 5.35. The van der Waals surface area contributed by atoms with Crippen molar-refractivity contribution < 1.29 is 9.53 Å². The lowest BCUT2D eigenvalue weighted by atomic mass is 10.1. The number of anilines is 1. The van der Waals surface area contributed by atoms with Gasteiger partial charge in [-0.15, -0.1) is 10.2 Å². The fraction of sp³-hybridized carbons (Fsp3) is 0.174. The first-order valence-corrected chi connectivity index (χ1v) is 11.7. The predicted octanol–water partition coefficient (Wildman–Crippen LogP) is 6.07. The van der Waals surface area contributed by atoms with Gasteiger partial charge in [0, 0.05) is 27.7 Å². The van der Waals surface area contributed by atoms with Crippen LogP contribution in [-0.2, 0) is 17.9 Å². The van der Waals surface area contributed by atoms with Crippen LogP contribution in [-0.4, -0.2) is 26.4 Å². The third-order valence-corrected chi connectivity index (χ3v) is 6.10. The molecule has 164 valence electrons. The molecule has 0 radical (unpaired) electrons. The maximum atomic E-state index is 12.3. The molecule has 9 heteroatoms. The Hall–Kier alpha value is -2.74. The quantitative estimate of drug-likeness (QED) is 0.306. The van der Waals surface area contributed by atoms with E-state index in [9.17, 15) is 4.79 Å². The predicted molar refractivity (Wildman–Crippen MR) is 130 cm³/mol. The van der Waals surface area contributed by atoms with E-state index in [2.05, 4.69) is 15.5 Å². The van der Waals surface area contributed by atoms with Crippen LogP contribution in [0, 0.1) is 0 Å². The van der Waals surface area contributed by atoms with E-state index in [0.29, 0.717) is 33.3 Å². The molecule has 0 saturated heterocycles. The number of halogens is 2. The first kappa shape index (κ1) is 22.5. The van der Waals surface area contributed by atoms with Crippen LogP contribution in [0.1, 0.15) is 12.7 Å². The van der Waals surface area contributed by atoms with Gasteiger partial charge in [0.1, 0.15) is 12.4 Å². The molecule has 1 heterocycles. The number of carbonyl (C=O) groups is 1. The van der Waals surface area contributed by atoms with Crippen molar-refractivity contribution in [3.63, 3.8) is 0 Å². The van der Waals surface area contributed by atoms with Crippen molar-refractivity contribution in [1.29, 1.82) is 0 Å². The molecule has 0 saturated carbocycles. The second kappa shape index (κ2) is 10.3. The molecule has 6 nitrogen and oxygen atoms in total. The molecule has 4 rings (SSSR count). The van der Waals surface area contributed by atoms with E-state index in [1.165, 1.54) is 11.8 Å². The fourth-order valence-corrected chi connectivity index (χ4v) is 4.61. The Bertz CT molecular complexity index is 1240. The summed E-state index contributed by atoms with van der Waals surface area (Å²) in [5, 5.41) is 15.0. The molecule has 0 atom stereocenters. The molecule has 0 unspecified atom stereocenters.